The molecule has 2 aliphatic heterocycles. The van der Waals surface area contributed by atoms with Crippen molar-refractivity contribution in [2.75, 3.05) is 41.9 Å². The van der Waals surface area contributed by atoms with Gasteiger partial charge in [-0.2, -0.15) is 5.26 Å². The largest absolute Gasteiger partial charge is 0.371 e. The van der Waals surface area contributed by atoms with Crippen LogP contribution in [0.5, 0.6) is 0 Å². The first-order chi connectivity index (χ1) is 16.9. The molecule has 1 aromatic heterocycles. The fraction of sp³-hybridized carbons (Fsp3) is 0.481. The number of aromatic nitrogens is 1. The van der Waals surface area contributed by atoms with Crippen LogP contribution < -0.4 is 14.7 Å². The number of carbonyl (C=O) groups excluding carboxylic acids is 1. The van der Waals surface area contributed by atoms with Crippen molar-refractivity contribution >= 4 is 40.3 Å². The van der Waals surface area contributed by atoms with Crippen LogP contribution in [0.2, 0.25) is 0 Å². The molecule has 2 atom stereocenters. The molecule has 2 unspecified atom stereocenters. The van der Waals surface area contributed by atoms with Crippen molar-refractivity contribution in [3.05, 3.63) is 48.3 Å². The Morgan fingerprint density at radius 1 is 1.23 bits per heavy atom. The Morgan fingerprint density at radius 3 is 2.66 bits per heavy atom. The van der Waals surface area contributed by atoms with Crippen LogP contribution >= 0.6 is 12.2 Å². The maximum Gasteiger partial charge on any atom is 0.260 e. The van der Waals surface area contributed by atoms with E-state index in [1.165, 1.54) is 0 Å². The monoisotopic (exact) mass is 488 g/mol. The van der Waals surface area contributed by atoms with Crippen LogP contribution in [0.3, 0.4) is 0 Å². The lowest BCUT2D eigenvalue weighted by atomic mass is 9.64. The number of pyridine rings is 1. The fourth-order valence-corrected chi connectivity index (χ4v) is 6.50. The molecule has 3 heterocycles. The molecule has 2 aromatic rings. The van der Waals surface area contributed by atoms with Gasteiger partial charge in [-0.15, -0.1) is 0 Å². The number of amides is 1. The molecule has 5 rings (SSSR count). The number of likely N-dealkylation sites (tertiary alicyclic amines) is 1. The van der Waals surface area contributed by atoms with Gasteiger partial charge in [0.1, 0.15) is 11.6 Å². The maximum atomic E-state index is 14.1. The molecule has 2 saturated heterocycles. The molecule has 7 nitrogen and oxygen atoms in total. The number of carbonyl (C=O) groups is 1. The molecule has 0 N–H and O–H groups in total. The number of hydrogen-bond acceptors (Lipinski definition) is 6. The first-order valence-corrected chi connectivity index (χ1v) is 12.9. The van der Waals surface area contributed by atoms with Crippen molar-refractivity contribution < 1.29 is 4.79 Å². The van der Waals surface area contributed by atoms with Crippen LogP contribution in [0.4, 0.5) is 17.1 Å². The molecular formula is C27H32N6OS. The van der Waals surface area contributed by atoms with Crippen molar-refractivity contribution in [1.29, 1.82) is 5.26 Å². The van der Waals surface area contributed by atoms with Gasteiger partial charge in [0.15, 0.2) is 10.8 Å². The van der Waals surface area contributed by atoms with Crippen molar-refractivity contribution in [3.8, 4) is 6.07 Å². The second-order valence-corrected chi connectivity index (χ2v) is 10.3. The highest BCUT2D eigenvalue weighted by Gasteiger charge is 2.64. The zero-order chi connectivity index (χ0) is 24.7. The Labute approximate surface area is 212 Å². The van der Waals surface area contributed by atoms with Crippen LogP contribution in [0.1, 0.15) is 44.7 Å². The van der Waals surface area contributed by atoms with Gasteiger partial charge in [-0.05, 0) is 94.3 Å². The summed E-state index contributed by atoms with van der Waals surface area (Å²) in [6, 6.07) is 14.5. The molecule has 1 aliphatic carbocycles. The minimum absolute atomic E-state index is 0.0424. The van der Waals surface area contributed by atoms with Crippen molar-refractivity contribution in [1.82, 2.24) is 9.88 Å². The Balaban J connectivity index is 1.54. The van der Waals surface area contributed by atoms with E-state index in [4.69, 9.17) is 12.2 Å². The van der Waals surface area contributed by atoms with Gasteiger partial charge in [0.05, 0.1) is 5.69 Å². The van der Waals surface area contributed by atoms with E-state index in [9.17, 15) is 10.1 Å². The second-order valence-electron chi connectivity index (χ2n) is 9.97. The Morgan fingerprint density at radius 2 is 2.00 bits per heavy atom. The van der Waals surface area contributed by atoms with Crippen molar-refractivity contribution in [3.63, 3.8) is 0 Å². The lowest BCUT2D eigenvalue weighted by Gasteiger charge is -2.50. The van der Waals surface area contributed by atoms with Gasteiger partial charge in [0.2, 0.25) is 0 Å². The fourth-order valence-electron chi connectivity index (χ4n) is 6.05. The third-order valence-electron chi connectivity index (χ3n) is 8.26. The number of nitrogens with zero attached hydrogens (tertiary/aromatic N) is 6. The Kier molecular flexibility index (Phi) is 6.24. The van der Waals surface area contributed by atoms with Crippen LogP contribution in [-0.4, -0.2) is 59.7 Å². The minimum atomic E-state index is -0.709. The number of benzene rings is 1. The van der Waals surface area contributed by atoms with Gasteiger partial charge < -0.3 is 14.7 Å². The SMILES string of the molecule is CCC1CCC12C(=O)N(c1cccnc1C#N)C(=S)N2c1cccc(N(C)C2CCN(C)CC2)c1. The van der Waals surface area contributed by atoms with Gasteiger partial charge in [-0.3, -0.25) is 9.69 Å². The van der Waals surface area contributed by atoms with Crippen LogP contribution in [0.25, 0.3) is 0 Å². The third kappa shape index (κ3) is 3.69. The Bertz CT molecular complexity index is 1180. The van der Waals surface area contributed by atoms with Crippen molar-refractivity contribution in [2.45, 2.75) is 50.6 Å². The maximum absolute atomic E-state index is 14.1. The van der Waals surface area contributed by atoms with E-state index >= 15 is 0 Å². The topological polar surface area (TPSA) is 66.7 Å². The van der Waals surface area contributed by atoms with Crippen LogP contribution in [0.15, 0.2) is 42.6 Å². The van der Waals surface area contributed by atoms with Gasteiger partial charge in [0, 0.05) is 30.7 Å². The first kappa shape index (κ1) is 23.7. The van der Waals surface area contributed by atoms with Gasteiger partial charge in [-0.25, -0.2) is 4.98 Å². The summed E-state index contributed by atoms with van der Waals surface area (Å²) in [5.74, 6) is 0.162. The summed E-state index contributed by atoms with van der Waals surface area (Å²) >= 11 is 5.98. The number of hydrogen-bond donors (Lipinski definition) is 0. The zero-order valence-corrected chi connectivity index (χ0v) is 21.5. The molecule has 182 valence electrons. The molecule has 1 amide bonds. The molecule has 0 bridgehead atoms. The van der Waals surface area contributed by atoms with Crippen LogP contribution in [-0.2, 0) is 4.79 Å². The average molecular weight is 489 g/mol. The molecule has 3 aliphatic rings. The highest BCUT2D eigenvalue weighted by Crippen LogP contribution is 2.53. The number of piperidine rings is 1. The smallest absolute Gasteiger partial charge is 0.260 e. The van der Waals surface area contributed by atoms with E-state index in [1.54, 1.807) is 23.2 Å². The predicted octanol–water partition coefficient (Wildman–Crippen LogP) is 4.18. The lowest BCUT2D eigenvalue weighted by molar-refractivity contribution is -0.127. The normalized spacial score (nSPS) is 25.1. The molecule has 8 heteroatoms. The highest BCUT2D eigenvalue weighted by atomic mass is 32.1. The molecular weight excluding hydrogens is 456 g/mol. The average Bonchev–Trinajstić information content (AvgIpc) is 3.11. The summed E-state index contributed by atoms with van der Waals surface area (Å²) in [5, 5.41) is 10.1. The first-order valence-electron chi connectivity index (χ1n) is 12.5. The molecule has 1 spiro atoms. The molecule has 3 fully saturated rings. The summed E-state index contributed by atoms with van der Waals surface area (Å²) < 4.78 is 0. The summed E-state index contributed by atoms with van der Waals surface area (Å²) in [7, 11) is 4.34. The highest BCUT2D eigenvalue weighted by molar-refractivity contribution is 7.81. The minimum Gasteiger partial charge on any atom is -0.371 e. The molecule has 1 saturated carbocycles. The van der Waals surface area contributed by atoms with E-state index in [-0.39, 0.29) is 17.5 Å². The second kappa shape index (κ2) is 9.21. The quantitative estimate of drug-likeness (QED) is 0.585. The van der Waals surface area contributed by atoms with E-state index in [0.29, 0.717) is 16.8 Å². The van der Waals surface area contributed by atoms with E-state index in [2.05, 4.69) is 71.0 Å². The number of thiocarbonyl (C=S) groups is 1. The molecule has 35 heavy (non-hydrogen) atoms. The summed E-state index contributed by atoms with van der Waals surface area (Å²) in [6.45, 7) is 4.34. The van der Waals surface area contributed by atoms with Crippen molar-refractivity contribution in [2.24, 2.45) is 5.92 Å². The summed E-state index contributed by atoms with van der Waals surface area (Å²) in [6.07, 6.45) is 6.46. The number of nitriles is 1. The van der Waals surface area contributed by atoms with Gasteiger partial charge >= 0.3 is 0 Å². The predicted molar refractivity (Wildman–Crippen MR) is 143 cm³/mol. The lowest BCUT2D eigenvalue weighted by Crippen LogP contribution is -2.61. The number of anilines is 3. The third-order valence-corrected chi connectivity index (χ3v) is 8.63. The van der Waals surface area contributed by atoms with Crippen LogP contribution in [0, 0.1) is 17.2 Å². The summed E-state index contributed by atoms with van der Waals surface area (Å²) in [5.41, 5.74) is 2.03. The van der Waals surface area contributed by atoms with E-state index in [0.717, 1.165) is 56.6 Å². The molecule has 1 aromatic carbocycles. The summed E-state index contributed by atoms with van der Waals surface area (Å²) in [4.78, 5) is 26.6. The van der Waals surface area contributed by atoms with E-state index in [1.807, 2.05) is 0 Å². The van der Waals surface area contributed by atoms with Gasteiger partial charge in [-0.1, -0.05) is 19.4 Å². The van der Waals surface area contributed by atoms with E-state index < -0.39 is 5.54 Å². The number of rotatable bonds is 5. The molecule has 0 radical (unpaired) electrons. The van der Waals surface area contributed by atoms with Gasteiger partial charge in [0.25, 0.3) is 5.91 Å². The standard InChI is InChI=1S/C27H32N6OS/c1-4-19-10-13-27(19)25(34)32(24-9-6-14-29-23(24)18-28)26(35)33(27)22-8-5-7-21(17-22)31(3)20-11-15-30(2)16-12-20/h5-9,14,17,19-20H,4,10-13,15-16H2,1-3H3. The zero-order valence-electron chi connectivity index (χ0n) is 20.6. The Hall–Kier alpha value is -3.02.